The van der Waals surface area contributed by atoms with Gasteiger partial charge >= 0.3 is 12.1 Å². The molecule has 0 unspecified atom stereocenters. The second kappa shape index (κ2) is 5.56. The van der Waals surface area contributed by atoms with Crippen molar-refractivity contribution in [2.75, 3.05) is 0 Å². The van der Waals surface area contributed by atoms with Crippen molar-refractivity contribution in [3.8, 4) is 0 Å². The molecule has 1 rings (SSSR count). The first kappa shape index (κ1) is 10.9. The van der Waals surface area contributed by atoms with Gasteiger partial charge in [0.25, 0.3) is 0 Å². The highest BCUT2D eigenvalue weighted by Gasteiger charge is 2.04. The largest absolute Gasteiger partial charge is 0.439 e. The summed E-state index contributed by atoms with van der Waals surface area (Å²) < 4.78 is 4.10. The molecule has 1 aromatic carbocycles. The standard InChI is InChI=1S/C10H9NO4/c12-9(15-10(13)11-14)7-6-8-4-2-1-3-5-8/h1-7,14H,(H,11,13). The summed E-state index contributed by atoms with van der Waals surface area (Å²) in [6.45, 7) is 0. The van der Waals surface area contributed by atoms with Crippen LogP contribution < -0.4 is 5.48 Å². The van der Waals surface area contributed by atoms with Gasteiger partial charge in [0.05, 0.1) is 0 Å². The Morgan fingerprint density at radius 3 is 2.53 bits per heavy atom. The van der Waals surface area contributed by atoms with E-state index in [1.165, 1.54) is 11.6 Å². The molecule has 0 aromatic heterocycles. The SMILES string of the molecule is O=C(C=Cc1ccccc1)OC(=O)NO. The first-order valence-corrected chi connectivity index (χ1v) is 4.11. The van der Waals surface area contributed by atoms with E-state index in [0.717, 1.165) is 11.6 Å². The van der Waals surface area contributed by atoms with Crippen LogP contribution in [0.1, 0.15) is 5.56 Å². The van der Waals surface area contributed by atoms with Crippen LogP contribution in [0, 0.1) is 0 Å². The lowest BCUT2D eigenvalue weighted by Gasteiger charge is -1.96. The molecule has 0 bridgehead atoms. The van der Waals surface area contributed by atoms with Crippen molar-refractivity contribution < 1.29 is 19.5 Å². The van der Waals surface area contributed by atoms with E-state index in [1.807, 2.05) is 18.2 Å². The summed E-state index contributed by atoms with van der Waals surface area (Å²) >= 11 is 0. The summed E-state index contributed by atoms with van der Waals surface area (Å²) in [6, 6.07) is 9.04. The van der Waals surface area contributed by atoms with Crippen molar-refractivity contribution in [3.63, 3.8) is 0 Å². The van der Waals surface area contributed by atoms with Crippen molar-refractivity contribution in [1.29, 1.82) is 0 Å². The molecule has 0 aliphatic heterocycles. The lowest BCUT2D eigenvalue weighted by atomic mass is 10.2. The van der Waals surface area contributed by atoms with Crippen LogP contribution in [0.25, 0.3) is 6.08 Å². The van der Waals surface area contributed by atoms with Gasteiger partial charge in [-0.25, -0.2) is 15.1 Å². The van der Waals surface area contributed by atoms with Crippen molar-refractivity contribution >= 4 is 18.1 Å². The third-order valence-corrected chi connectivity index (χ3v) is 1.50. The van der Waals surface area contributed by atoms with Gasteiger partial charge in [-0.3, -0.25) is 5.21 Å². The van der Waals surface area contributed by atoms with Crippen molar-refractivity contribution in [1.82, 2.24) is 5.48 Å². The van der Waals surface area contributed by atoms with E-state index < -0.39 is 12.1 Å². The van der Waals surface area contributed by atoms with E-state index in [-0.39, 0.29) is 0 Å². The molecular weight excluding hydrogens is 198 g/mol. The van der Waals surface area contributed by atoms with E-state index in [2.05, 4.69) is 4.74 Å². The summed E-state index contributed by atoms with van der Waals surface area (Å²) in [5.74, 6) is -0.856. The number of amides is 1. The maximum atomic E-state index is 10.9. The monoisotopic (exact) mass is 207 g/mol. The van der Waals surface area contributed by atoms with Crippen molar-refractivity contribution in [2.24, 2.45) is 0 Å². The van der Waals surface area contributed by atoms with Crippen LogP contribution in [0.4, 0.5) is 4.79 Å². The minimum atomic E-state index is -1.21. The van der Waals surface area contributed by atoms with Gasteiger partial charge in [-0.05, 0) is 11.6 Å². The molecule has 5 nitrogen and oxygen atoms in total. The lowest BCUT2D eigenvalue weighted by Crippen LogP contribution is -2.22. The van der Waals surface area contributed by atoms with E-state index in [4.69, 9.17) is 5.21 Å². The predicted molar refractivity (Wildman–Crippen MR) is 51.9 cm³/mol. The zero-order chi connectivity index (χ0) is 11.1. The number of hydroxylamine groups is 1. The van der Waals surface area contributed by atoms with Crippen LogP contribution in [-0.2, 0) is 9.53 Å². The minimum absolute atomic E-state index is 0.804. The van der Waals surface area contributed by atoms with E-state index in [0.29, 0.717) is 0 Å². The summed E-state index contributed by atoms with van der Waals surface area (Å²) in [7, 11) is 0. The number of benzene rings is 1. The smallest absolute Gasteiger partial charge is 0.371 e. The fourth-order valence-electron chi connectivity index (χ4n) is 0.877. The maximum Gasteiger partial charge on any atom is 0.439 e. The van der Waals surface area contributed by atoms with Crippen LogP contribution in [0.15, 0.2) is 36.4 Å². The summed E-state index contributed by atoms with van der Waals surface area (Å²) in [4.78, 5) is 21.3. The fourth-order valence-corrected chi connectivity index (χ4v) is 0.877. The first-order chi connectivity index (χ1) is 7.22. The van der Waals surface area contributed by atoms with Gasteiger partial charge in [-0.2, -0.15) is 0 Å². The molecule has 0 saturated heterocycles. The average molecular weight is 207 g/mol. The van der Waals surface area contributed by atoms with Gasteiger partial charge in [-0.1, -0.05) is 30.3 Å². The number of hydrogen-bond donors (Lipinski definition) is 2. The number of carbonyl (C=O) groups is 2. The van der Waals surface area contributed by atoms with E-state index in [9.17, 15) is 9.59 Å². The molecule has 0 heterocycles. The highest BCUT2D eigenvalue weighted by molar-refractivity contribution is 5.94. The van der Waals surface area contributed by atoms with Gasteiger partial charge in [0.1, 0.15) is 0 Å². The van der Waals surface area contributed by atoms with Crippen LogP contribution >= 0.6 is 0 Å². The summed E-state index contributed by atoms with van der Waals surface area (Å²) in [5, 5.41) is 8.07. The molecule has 2 N–H and O–H groups in total. The Hall–Kier alpha value is -2.14. The first-order valence-electron chi connectivity index (χ1n) is 4.11. The zero-order valence-electron chi connectivity index (χ0n) is 7.71. The minimum Gasteiger partial charge on any atom is -0.371 e. The number of ether oxygens (including phenoxy) is 1. The quantitative estimate of drug-likeness (QED) is 0.252. The summed E-state index contributed by atoms with van der Waals surface area (Å²) in [6.07, 6.45) is 1.37. The Morgan fingerprint density at radius 2 is 1.93 bits per heavy atom. The Balaban J connectivity index is 2.52. The second-order valence-electron chi connectivity index (χ2n) is 2.56. The molecule has 0 radical (unpaired) electrons. The topological polar surface area (TPSA) is 75.6 Å². The normalized spacial score (nSPS) is 9.93. The molecule has 1 amide bonds. The van der Waals surface area contributed by atoms with Crippen molar-refractivity contribution in [3.05, 3.63) is 42.0 Å². The third-order valence-electron chi connectivity index (χ3n) is 1.50. The molecule has 0 atom stereocenters. The van der Waals surface area contributed by atoms with Gasteiger partial charge in [0, 0.05) is 6.08 Å². The molecule has 78 valence electrons. The van der Waals surface area contributed by atoms with Crippen LogP contribution in [0.2, 0.25) is 0 Å². The fraction of sp³-hybridized carbons (Fsp3) is 0. The molecule has 0 fully saturated rings. The number of nitrogens with one attached hydrogen (secondary N) is 1. The predicted octanol–water partition coefficient (Wildman–Crippen LogP) is 1.34. The second-order valence-corrected chi connectivity index (χ2v) is 2.56. The molecule has 0 aliphatic carbocycles. The van der Waals surface area contributed by atoms with Crippen molar-refractivity contribution in [2.45, 2.75) is 0 Å². The summed E-state index contributed by atoms with van der Waals surface area (Å²) in [5.41, 5.74) is 1.98. The van der Waals surface area contributed by atoms with E-state index >= 15 is 0 Å². The number of esters is 1. The molecule has 0 spiro atoms. The average Bonchev–Trinajstić information content (AvgIpc) is 2.27. The van der Waals surface area contributed by atoms with Crippen LogP contribution in [-0.4, -0.2) is 17.3 Å². The molecule has 0 saturated carbocycles. The Labute approximate surface area is 85.9 Å². The number of carbonyl (C=O) groups excluding carboxylic acids is 2. The molecule has 0 aliphatic rings. The third kappa shape index (κ3) is 4.06. The van der Waals surface area contributed by atoms with Gasteiger partial charge in [-0.15, -0.1) is 0 Å². The highest BCUT2D eigenvalue weighted by Crippen LogP contribution is 2.00. The lowest BCUT2D eigenvalue weighted by molar-refractivity contribution is -0.132. The van der Waals surface area contributed by atoms with Gasteiger partial charge in [0.15, 0.2) is 0 Å². The Kier molecular flexibility index (Phi) is 4.05. The van der Waals surface area contributed by atoms with Gasteiger partial charge in [0.2, 0.25) is 0 Å². The zero-order valence-corrected chi connectivity index (χ0v) is 7.71. The highest BCUT2D eigenvalue weighted by atomic mass is 16.6. The number of rotatable bonds is 2. The van der Waals surface area contributed by atoms with E-state index in [1.54, 1.807) is 12.1 Å². The van der Waals surface area contributed by atoms with Crippen LogP contribution in [0.3, 0.4) is 0 Å². The Bertz CT molecular complexity index is 372. The number of hydrogen-bond acceptors (Lipinski definition) is 4. The van der Waals surface area contributed by atoms with Crippen LogP contribution in [0.5, 0.6) is 0 Å². The molecule has 5 heteroatoms. The molecular formula is C10H9NO4. The van der Waals surface area contributed by atoms with Gasteiger partial charge < -0.3 is 4.74 Å². The Morgan fingerprint density at radius 1 is 1.27 bits per heavy atom. The maximum absolute atomic E-state index is 10.9. The molecule has 15 heavy (non-hydrogen) atoms. The molecule has 1 aromatic rings.